The maximum absolute atomic E-state index is 5.84. The number of hydrogen-bond donors (Lipinski definition) is 0. The molecule has 0 fully saturated rings. The number of thioether (sulfide) groups is 1. The van der Waals surface area contributed by atoms with E-state index in [1.807, 2.05) is 11.8 Å². The molecule has 0 spiro atoms. The molecule has 0 heterocycles. The van der Waals surface area contributed by atoms with Crippen LogP contribution in [0.4, 0.5) is 0 Å². The molecule has 0 radical (unpaired) electrons. The molecule has 19 heavy (non-hydrogen) atoms. The number of rotatable bonds is 10. The van der Waals surface area contributed by atoms with Gasteiger partial charge in [0.15, 0.2) is 0 Å². The molecular weight excluding hydrogens is 272 g/mol. The van der Waals surface area contributed by atoms with Gasteiger partial charge in [0.05, 0.1) is 0 Å². The Hall–Kier alpha value is -0.293. The van der Waals surface area contributed by atoms with Gasteiger partial charge in [-0.1, -0.05) is 30.3 Å². The molecule has 0 aromatic heterocycles. The highest BCUT2D eigenvalue weighted by atomic mass is 32.2. The van der Waals surface area contributed by atoms with Crippen LogP contribution in [0.2, 0.25) is 12.6 Å². The van der Waals surface area contributed by atoms with Crippen LogP contribution in [0.1, 0.15) is 25.8 Å². The van der Waals surface area contributed by atoms with E-state index in [4.69, 9.17) is 8.85 Å². The molecule has 0 bridgehead atoms. The van der Waals surface area contributed by atoms with E-state index in [1.165, 1.54) is 17.7 Å². The number of benzene rings is 1. The maximum atomic E-state index is 5.84. The van der Waals surface area contributed by atoms with Gasteiger partial charge in [-0.15, -0.1) is 0 Å². The fraction of sp³-hybridized carbons (Fsp3) is 0.600. The molecular formula is C15H26O2SSi. The summed E-state index contributed by atoms with van der Waals surface area (Å²) in [6.45, 7) is 7.81. The van der Waals surface area contributed by atoms with Crippen LogP contribution in [-0.2, 0) is 14.6 Å². The van der Waals surface area contributed by atoms with Gasteiger partial charge >= 0.3 is 8.56 Å². The Balaban J connectivity index is 2.18. The maximum Gasteiger partial charge on any atom is 0.334 e. The minimum Gasteiger partial charge on any atom is -0.395 e. The predicted molar refractivity (Wildman–Crippen MR) is 86.9 cm³/mol. The van der Waals surface area contributed by atoms with Gasteiger partial charge < -0.3 is 8.85 Å². The van der Waals surface area contributed by atoms with Crippen molar-refractivity contribution in [3.8, 4) is 0 Å². The van der Waals surface area contributed by atoms with Crippen LogP contribution in [-0.4, -0.2) is 27.5 Å². The second-order valence-electron chi connectivity index (χ2n) is 4.64. The summed E-state index contributed by atoms with van der Waals surface area (Å²) >= 11 is 1.99. The molecule has 108 valence electrons. The first-order chi connectivity index (χ1) is 9.20. The summed E-state index contributed by atoms with van der Waals surface area (Å²) in [5.74, 6) is 2.28. The zero-order valence-electron chi connectivity index (χ0n) is 12.4. The van der Waals surface area contributed by atoms with E-state index in [9.17, 15) is 0 Å². The fourth-order valence-corrected chi connectivity index (χ4v) is 5.65. The molecule has 0 saturated carbocycles. The molecule has 4 heteroatoms. The molecule has 0 aliphatic rings. The molecule has 2 nitrogen and oxygen atoms in total. The van der Waals surface area contributed by atoms with E-state index in [2.05, 4.69) is 50.7 Å². The van der Waals surface area contributed by atoms with Crippen LogP contribution in [0.25, 0.3) is 0 Å². The van der Waals surface area contributed by atoms with Crippen LogP contribution in [0.5, 0.6) is 0 Å². The van der Waals surface area contributed by atoms with Gasteiger partial charge in [0, 0.05) is 19.0 Å². The molecule has 0 aliphatic heterocycles. The molecule has 0 saturated heterocycles. The standard InChI is InChI=1S/C15H26O2SSi/c1-4-16-19(3,17-5-2)13-9-12-18-14-15-10-7-6-8-11-15/h6-8,10-11H,4-5,9,12-14H2,1-3H3. The van der Waals surface area contributed by atoms with Crippen LogP contribution in [0.3, 0.4) is 0 Å². The minimum absolute atomic E-state index is 0.764. The third kappa shape index (κ3) is 7.16. The molecule has 0 unspecified atom stereocenters. The number of hydrogen-bond acceptors (Lipinski definition) is 3. The average molecular weight is 299 g/mol. The molecule has 0 aliphatic carbocycles. The zero-order chi connectivity index (χ0) is 14.0. The zero-order valence-corrected chi connectivity index (χ0v) is 14.2. The highest BCUT2D eigenvalue weighted by Crippen LogP contribution is 2.19. The first kappa shape index (κ1) is 16.8. The Morgan fingerprint density at radius 1 is 1.05 bits per heavy atom. The summed E-state index contributed by atoms with van der Waals surface area (Å²) in [4.78, 5) is 0. The first-order valence-corrected chi connectivity index (χ1v) is 10.8. The Bertz CT molecular complexity index is 326. The van der Waals surface area contributed by atoms with Crippen molar-refractivity contribution in [2.45, 2.75) is 38.6 Å². The largest absolute Gasteiger partial charge is 0.395 e. The van der Waals surface area contributed by atoms with E-state index >= 15 is 0 Å². The summed E-state index contributed by atoms with van der Waals surface area (Å²) in [5, 5.41) is 0. The topological polar surface area (TPSA) is 18.5 Å². The summed E-state index contributed by atoms with van der Waals surface area (Å²) in [6.07, 6.45) is 1.18. The van der Waals surface area contributed by atoms with E-state index in [1.54, 1.807) is 0 Å². The van der Waals surface area contributed by atoms with E-state index in [0.29, 0.717) is 0 Å². The summed E-state index contributed by atoms with van der Waals surface area (Å²) in [6, 6.07) is 11.7. The van der Waals surface area contributed by atoms with Gasteiger partial charge in [0.2, 0.25) is 0 Å². The normalized spacial score (nSPS) is 11.7. The van der Waals surface area contributed by atoms with E-state index in [0.717, 1.165) is 25.0 Å². The van der Waals surface area contributed by atoms with Gasteiger partial charge in [0.1, 0.15) is 0 Å². The highest BCUT2D eigenvalue weighted by Gasteiger charge is 2.29. The van der Waals surface area contributed by atoms with E-state index < -0.39 is 8.56 Å². The Kier molecular flexibility index (Phi) is 8.46. The first-order valence-electron chi connectivity index (χ1n) is 7.09. The van der Waals surface area contributed by atoms with Gasteiger partial charge in [0.25, 0.3) is 0 Å². The second-order valence-corrected chi connectivity index (χ2v) is 9.09. The van der Waals surface area contributed by atoms with Gasteiger partial charge in [-0.05, 0) is 44.2 Å². The predicted octanol–water partition coefficient (Wildman–Crippen LogP) is 4.45. The van der Waals surface area contributed by atoms with Crippen LogP contribution in [0.15, 0.2) is 30.3 Å². The molecule has 1 aromatic carbocycles. The SMILES string of the molecule is CCO[Si](C)(CCCSCc1ccccc1)OCC. The summed E-state index contributed by atoms with van der Waals surface area (Å²) in [5.41, 5.74) is 1.40. The quantitative estimate of drug-likeness (QED) is 0.469. The van der Waals surface area contributed by atoms with Crippen LogP contribution in [0, 0.1) is 0 Å². The Morgan fingerprint density at radius 3 is 2.26 bits per heavy atom. The lowest BCUT2D eigenvalue weighted by Crippen LogP contribution is -2.38. The van der Waals surface area contributed by atoms with Gasteiger partial charge in [-0.2, -0.15) is 11.8 Å². The Morgan fingerprint density at radius 2 is 1.68 bits per heavy atom. The highest BCUT2D eigenvalue weighted by molar-refractivity contribution is 7.98. The minimum atomic E-state index is -1.89. The van der Waals surface area contributed by atoms with Crippen molar-refractivity contribution in [2.24, 2.45) is 0 Å². The third-order valence-electron chi connectivity index (χ3n) is 2.93. The second kappa shape index (κ2) is 9.59. The summed E-state index contributed by atoms with van der Waals surface area (Å²) in [7, 11) is -1.89. The lowest BCUT2D eigenvalue weighted by molar-refractivity contribution is 0.189. The third-order valence-corrected chi connectivity index (χ3v) is 7.11. The smallest absolute Gasteiger partial charge is 0.334 e. The van der Waals surface area contributed by atoms with Gasteiger partial charge in [-0.25, -0.2) is 0 Å². The van der Waals surface area contributed by atoms with Crippen molar-refractivity contribution in [3.05, 3.63) is 35.9 Å². The van der Waals surface area contributed by atoms with Crippen LogP contribution < -0.4 is 0 Å². The fourth-order valence-electron chi connectivity index (χ4n) is 2.06. The molecule has 0 N–H and O–H groups in total. The summed E-state index contributed by atoms with van der Waals surface area (Å²) < 4.78 is 11.7. The molecule has 0 amide bonds. The molecule has 1 aromatic rings. The van der Waals surface area contributed by atoms with Crippen molar-refractivity contribution in [1.29, 1.82) is 0 Å². The lowest BCUT2D eigenvalue weighted by Gasteiger charge is -2.25. The molecule has 1 rings (SSSR count). The average Bonchev–Trinajstić information content (AvgIpc) is 2.40. The Labute approximate surface area is 123 Å². The van der Waals surface area contributed by atoms with Crippen molar-refractivity contribution < 1.29 is 8.85 Å². The van der Waals surface area contributed by atoms with Crippen molar-refractivity contribution in [2.75, 3.05) is 19.0 Å². The monoisotopic (exact) mass is 298 g/mol. The van der Waals surface area contributed by atoms with Crippen LogP contribution >= 0.6 is 11.8 Å². The van der Waals surface area contributed by atoms with Gasteiger partial charge in [-0.3, -0.25) is 0 Å². The lowest BCUT2D eigenvalue weighted by atomic mass is 10.2. The van der Waals surface area contributed by atoms with Crippen molar-refractivity contribution in [1.82, 2.24) is 0 Å². The van der Waals surface area contributed by atoms with Crippen molar-refractivity contribution >= 4 is 20.3 Å². The molecule has 0 atom stereocenters. The van der Waals surface area contributed by atoms with E-state index in [-0.39, 0.29) is 0 Å². The van der Waals surface area contributed by atoms with Crippen molar-refractivity contribution in [3.63, 3.8) is 0 Å².